The monoisotopic (exact) mass is 2010 g/mol. The van der Waals surface area contributed by atoms with Gasteiger partial charge in [0.1, 0.15) is 96.4 Å². The zero-order valence-corrected chi connectivity index (χ0v) is 79.6. The number of likely N-dealkylation sites (tertiary alicyclic amines) is 1. The molecule has 3 heterocycles. The van der Waals surface area contributed by atoms with Gasteiger partial charge in [-0.15, -0.1) is 0 Å². The van der Waals surface area contributed by atoms with E-state index in [2.05, 4.69) is 84.4 Å². The second kappa shape index (κ2) is 58.4. The summed E-state index contributed by atoms with van der Waals surface area (Å²) in [5.74, 6) is -28.2. The molecule has 0 spiro atoms. The van der Waals surface area contributed by atoms with Gasteiger partial charge in [0.05, 0.1) is 51.4 Å². The number of aromatic nitrogens is 2. The van der Waals surface area contributed by atoms with Crippen LogP contribution in [0.3, 0.4) is 0 Å². The molecule has 0 unspecified atom stereocenters. The van der Waals surface area contributed by atoms with Crippen molar-refractivity contribution in [1.29, 1.82) is 0 Å². The molecular weight excluding hydrogens is 1880 g/mol. The van der Waals surface area contributed by atoms with Gasteiger partial charge in [-0.25, -0.2) is 4.79 Å². The Morgan fingerprint density at radius 1 is 0.399 bits per heavy atom. The van der Waals surface area contributed by atoms with Gasteiger partial charge in [-0.3, -0.25) is 95.9 Å². The van der Waals surface area contributed by atoms with Gasteiger partial charge in [-0.2, -0.15) is 0 Å². The molecule has 1 fully saturated rings. The van der Waals surface area contributed by atoms with E-state index in [4.69, 9.17) is 28.7 Å². The number of fused-ring (bicyclic) bond motifs is 2. The molecule has 3 aromatic carbocycles. The quantitative estimate of drug-likeness (QED) is 0.0161. The summed E-state index contributed by atoms with van der Waals surface area (Å²) in [6.45, 7) is 4.19. The number of H-pyrrole nitrogens is 2. The highest BCUT2D eigenvalue weighted by atomic mass is 16.4. The third kappa shape index (κ3) is 37.6. The average molecular weight is 2010 g/mol. The van der Waals surface area contributed by atoms with Gasteiger partial charge in [-0.05, 0) is 149 Å². The maximum absolute atomic E-state index is 15.1. The minimum atomic E-state index is -2.23. The number of unbranched alkanes of at least 4 members (excludes halogenated alkanes) is 3. The number of aromatic amines is 2. The molecule has 51 heteroatoms. The van der Waals surface area contributed by atoms with Gasteiger partial charge < -0.3 is 159 Å². The van der Waals surface area contributed by atoms with Crippen LogP contribution in [0.2, 0.25) is 0 Å². The Kier molecular flexibility index (Phi) is 47.7. The molecule has 5 aromatic rings. The average Bonchev–Trinajstić information content (AvgIpc) is 1.71. The first kappa shape index (κ1) is 117. The van der Waals surface area contributed by atoms with Gasteiger partial charge in [0.25, 0.3) is 0 Å². The van der Waals surface area contributed by atoms with E-state index in [1.165, 1.54) is 30.5 Å². The van der Waals surface area contributed by atoms with Crippen molar-refractivity contribution in [2.24, 2.45) is 40.5 Å². The number of carbonyl (C=O) groups excluding carboxylic acids is 16. The van der Waals surface area contributed by atoms with Crippen molar-refractivity contribution in [3.8, 4) is 5.75 Å². The van der Waals surface area contributed by atoms with Crippen molar-refractivity contribution in [3.05, 3.63) is 102 Å². The van der Waals surface area contributed by atoms with Gasteiger partial charge in [-0.1, -0.05) is 82.6 Å². The number of rotatable bonds is 64. The number of aliphatic hydroxyl groups excluding tert-OH is 2. The van der Waals surface area contributed by atoms with Crippen LogP contribution in [0.15, 0.2) is 85.2 Å². The second-order valence-corrected chi connectivity index (χ2v) is 35.2. The lowest BCUT2D eigenvalue weighted by atomic mass is 9.96. The van der Waals surface area contributed by atoms with Gasteiger partial charge >= 0.3 is 29.8 Å². The van der Waals surface area contributed by atoms with E-state index in [0.29, 0.717) is 39.4 Å². The second-order valence-electron chi connectivity index (χ2n) is 35.2. The molecule has 16 amide bonds. The van der Waals surface area contributed by atoms with E-state index in [0.717, 1.165) is 4.90 Å². The van der Waals surface area contributed by atoms with Gasteiger partial charge in [0, 0.05) is 60.0 Å². The first-order chi connectivity index (χ1) is 67.8. The molecule has 34 N–H and O–H groups in total. The molecule has 6 rings (SSSR count). The molecule has 1 aliphatic rings. The van der Waals surface area contributed by atoms with E-state index in [-0.39, 0.29) is 127 Å². The number of amides is 16. The zero-order valence-electron chi connectivity index (χ0n) is 79.6. The Bertz CT molecular complexity index is 5290. The number of aliphatic carboxylic acids is 5. The fourth-order valence-corrected chi connectivity index (χ4v) is 15.7. The lowest BCUT2D eigenvalue weighted by Gasteiger charge is -2.31. The predicted octanol–water partition coefficient (Wildman–Crippen LogP) is -6.19. The Balaban J connectivity index is 1.22. The van der Waals surface area contributed by atoms with Crippen molar-refractivity contribution >= 4 is 146 Å². The van der Waals surface area contributed by atoms with Crippen LogP contribution in [-0.4, -0.2) is 316 Å². The molecule has 0 saturated carbocycles. The standard InChI is InChI=1S/C92H132N22O29/c1-5-47(4)76(113-77(127)54(96)37-72(119)120)90(140)108-63(36-50-43-99-56-20-9-7-18-53(50)56)84(134)105-62(35-49-42-98-55-19-8-6-17-52(49)55)83(133)106-65(40-74(123)124)86(136)107-64(39-73(121)122)85(135)102-57(21-10-13-29-93)78(128)100-59(23-12-15-31-95)80(130)111-68(44-115)87(137)104-61(34-48-25-27-51(117)28-26-48)82(132)109-66(38-71(97)118)91(141)114-32-16-24-70(114)89(139)112-69(45-116)88(138)103-60(33-46(2)3)81(131)101-58(22-11-14-30-94)79(129)110-67(92(142)143)41-75(125)126/h6-9,17-20,25-28,42-43,46-47,54,57-70,76,98-99,115-117H,5,10-16,21-24,29-41,44-45,93-96H2,1-4H3,(H2,97,118)(H,100,128)(H,101,131)(H,102,135)(H,103,138)(H,104,137)(H,105,134)(H,106,133)(H,107,136)(H,108,140)(H,109,132)(H,110,129)(H,111,130)(H,112,139)(H,113,127)(H,119,120)(H,121,122)(H,123,124)(H,125,126)(H,142,143)/t47-,54-,57-,58-,59-,60-,61-,62-,63-,64-,65-,66-,67-,68-,69-,70-,76-/m0/s1. The van der Waals surface area contributed by atoms with Crippen LogP contribution in [0.1, 0.15) is 160 Å². The molecular formula is C92H132N22O29. The molecule has 17 atom stereocenters. The Morgan fingerprint density at radius 3 is 1.17 bits per heavy atom. The van der Waals surface area contributed by atoms with Gasteiger partial charge in [0.2, 0.25) is 94.5 Å². The summed E-state index contributed by atoms with van der Waals surface area (Å²) in [6, 6.07) is -9.85. The number of nitrogens with zero attached hydrogens (tertiary/aromatic N) is 1. The van der Waals surface area contributed by atoms with Crippen molar-refractivity contribution in [1.82, 2.24) is 89.3 Å². The number of phenols is 1. The largest absolute Gasteiger partial charge is 0.508 e. The first-order valence-electron chi connectivity index (χ1n) is 46.7. The minimum absolute atomic E-state index is 0.0138. The highest BCUT2D eigenvalue weighted by Crippen LogP contribution is 2.25. The summed E-state index contributed by atoms with van der Waals surface area (Å²) >= 11 is 0. The van der Waals surface area contributed by atoms with E-state index >= 15 is 9.59 Å². The predicted molar refractivity (Wildman–Crippen MR) is 508 cm³/mol. The van der Waals surface area contributed by atoms with Crippen LogP contribution in [0.4, 0.5) is 0 Å². The summed E-state index contributed by atoms with van der Waals surface area (Å²) in [5, 5.41) is 115. The van der Waals surface area contributed by atoms with Crippen LogP contribution >= 0.6 is 0 Å². The number of primary amides is 1. The van der Waals surface area contributed by atoms with Crippen LogP contribution in [0, 0.1) is 11.8 Å². The summed E-state index contributed by atoms with van der Waals surface area (Å²) in [6.07, 6.45) is -3.20. The molecule has 0 aliphatic carbocycles. The SMILES string of the molecule is CC[C@H](C)[C@H](NC(=O)[C@@H](N)CC(=O)O)C(=O)N[C@@H](Cc1c[nH]c2ccccc12)C(=O)N[C@@H](Cc1c[nH]c2ccccc12)C(=O)N[C@@H](CC(=O)O)C(=O)N[C@@H](CC(=O)O)C(=O)N[C@@H](CCCCN)C(=O)N[C@@H](CCCCN)C(=O)N[C@@H](CO)C(=O)N[C@@H](Cc1ccc(O)cc1)C(=O)N[C@@H](CC(N)=O)C(=O)N1CCC[C@H]1C(=O)N[C@@H](CO)C(=O)N[C@@H](CC(C)C)C(=O)N[C@@H](CCCCN)C(=O)N[C@@H](CC(=O)O)C(=O)O. The van der Waals surface area contributed by atoms with Crippen molar-refractivity contribution < 1.29 is 142 Å². The maximum atomic E-state index is 15.1. The minimum Gasteiger partial charge on any atom is -0.508 e. The summed E-state index contributed by atoms with van der Waals surface area (Å²) < 4.78 is 0. The number of hydrogen-bond donors (Lipinski definition) is 29. The third-order valence-electron chi connectivity index (χ3n) is 23.6. The molecule has 1 aliphatic heterocycles. The first-order valence-corrected chi connectivity index (χ1v) is 46.7. The number of carboxylic acid groups (broad SMARTS) is 5. The van der Waals surface area contributed by atoms with Crippen molar-refractivity contribution in [2.75, 3.05) is 39.4 Å². The summed E-state index contributed by atoms with van der Waals surface area (Å²) in [7, 11) is 0. The van der Waals surface area contributed by atoms with E-state index in [1.807, 2.05) is 0 Å². The summed E-state index contributed by atoms with van der Waals surface area (Å²) in [5.41, 5.74) is 31.0. The number of aromatic hydroxyl groups is 1. The van der Waals surface area contributed by atoms with Crippen LogP contribution < -0.4 is 103 Å². The number of aliphatic hydroxyl groups is 2. The van der Waals surface area contributed by atoms with E-state index in [9.17, 15) is 132 Å². The molecule has 1 saturated heterocycles. The number of phenolic OH excluding ortho intramolecular Hbond substituents is 1. The fraction of sp³-hybridized carbons (Fsp3) is 0.533. The highest BCUT2D eigenvalue weighted by Gasteiger charge is 2.44. The van der Waals surface area contributed by atoms with Crippen LogP contribution in [-0.2, 0) is 120 Å². The lowest BCUT2D eigenvalue weighted by Crippen LogP contribution is -2.62. The van der Waals surface area contributed by atoms with E-state index < -0.39 is 285 Å². The Morgan fingerprint density at radius 2 is 0.755 bits per heavy atom. The maximum Gasteiger partial charge on any atom is 0.326 e. The van der Waals surface area contributed by atoms with Crippen molar-refractivity contribution in [2.45, 2.75) is 259 Å². The smallest absolute Gasteiger partial charge is 0.326 e. The zero-order chi connectivity index (χ0) is 106. The number of benzene rings is 3. The number of nitrogens with two attached hydrogens (primary N) is 5. The van der Waals surface area contributed by atoms with Crippen molar-refractivity contribution in [3.63, 3.8) is 0 Å². The Hall–Kier alpha value is -14.8. The number of para-hydroxylation sites is 2. The highest BCUT2D eigenvalue weighted by molar-refractivity contribution is 6.03. The van der Waals surface area contributed by atoms with E-state index in [1.54, 1.807) is 82.4 Å². The molecule has 143 heavy (non-hydrogen) atoms. The number of carbonyl (C=O) groups is 21. The number of nitrogens with one attached hydrogen (secondary N) is 16. The number of hydrogen-bond acceptors (Lipinski definition) is 28. The van der Waals surface area contributed by atoms with Crippen LogP contribution in [0.25, 0.3) is 21.8 Å². The summed E-state index contributed by atoms with van der Waals surface area (Å²) in [4.78, 5) is 297. The fourth-order valence-electron chi connectivity index (χ4n) is 15.7. The molecule has 784 valence electrons. The van der Waals surface area contributed by atoms with Crippen LogP contribution in [0.5, 0.6) is 5.75 Å². The number of carboxylic acids is 5. The normalized spacial score (nSPS) is 15.7. The third-order valence-corrected chi connectivity index (χ3v) is 23.6. The molecule has 0 radical (unpaired) electrons. The topological polar surface area (TPSA) is 854 Å². The lowest BCUT2D eigenvalue weighted by molar-refractivity contribution is -0.147. The molecule has 51 nitrogen and oxygen atoms in total. The molecule has 0 bridgehead atoms. The Labute approximate surface area is 820 Å². The molecule has 2 aromatic heterocycles. The van der Waals surface area contributed by atoms with Gasteiger partial charge in [0.15, 0.2) is 0 Å².